The average molecular weight is 290 g/mol. The molecule has 1 aromatic carbocycles. The average Bonchev–Trinajstić information content (AvgIpc) is 2.42. The molecule has 2 rings (SSSR count). The molecular formula is C18H30N2O. The van der Waals surface area contributed by atoms with Crippen LogP contribution in [0, 0.1) is 11.3 Å². The summed E-state index contributed by atoms with van der Waals surface area (Å²) in [5, 5.41) is 3.67. The number of rotatable bonds is 6. The SMILES string of the molecule is CC(C)COC1CC(Nc2cccc(N(C)C)c2)C1(C)C. The van der Waals surface area contributed by atoms with Crippen molar-refractivity contribution in [3.63, 3.8) is 0 Å². The quantitative estimate of drug-likeness (QED) is 0.857. The molecule has 0 aliphatic heterocycles. The van der Waals surface area contributed by atoms with Gasteiger partial charge in [-0.15, -0.1) is 0 Å². The number of ether oxygens (including phenoxy) is 1. The first-order valence-corrected chi connectivity index (χ1v) is 7.96. The molecule has 0 saturated heterocycles. The van der Waals surface area contributed by atoms with Crippen molar-refractivity contribution in [3.05, 3.63) is 24.3 Å². The molecule has 0 heterocycles. The zero-order valence-corrected chi connectivity index (χ0v) is 14.3. The molecule has 3 heteroatoms. The highest BCUT2D eigenvalue weighted by Gasteiger charge is 2.49. The van der Waals surface area contributed by atoms with E-state index in [9.17, 15) is 0 Å². The van der Waals surface area contributed by atoms with E-state index in [1.165, 1.54) is 11.4 Å². The number of nitrogens with zero attached hydrogens (tertiary/aromatic N) is 1. The van der Waals surface area contributed by atoms with Crippen LogP contribution >= 0.6 is 0 Å². The zero-order valence-electron chi connectivity index (χ0n) is 14.3. The van der Waals surface area contributed by atoms with Crippen molar-refractivity contribution >= 4 is 11.4 Å². The van der Waals surface area contributed by atoms with E-state index in [2.05, 4.69) is 76.3 Å². The van der Waals surface area contributed by atoms with E-state index in [4.69, 9.17) is 4.74 Å². The van der Waals surface area contributed by atoms with Crippen molar-refractivity contribution in [2.45, 2.75) is 46.3 Å². The van der Waals surface area contributed by atoms with Crippen LogP contribution in [0.1, 0.15) is 34.1 Å². The maximum absolute atomic E-state index is 6.04. The van der Waals surface area contributed by atoms with Gasteiger partial charge in [-0.25, -0.2) is 0 Å². The molecule has 2 unspecified atom stereocenters. The Kier molecular flexibility index (Phi) is 4.82. The van der Waals surface area contributed by atoms with Gasteiger partial charge in [-0.05, 0) is 30.5 Å². The maximum atomic E-state index is 6.04. The summed E-state index contributed by atoms with van der Waals surface area (Å²) in [5.41, 5.74) is 2.61. The van der Waals surface area contributed by atoms with Gasteiger partial charge in [-0.3, -0.25) is 0 Å². The van der Waals surface area contributed by atoms with E-state index < -0.39 is 0 Å². The van der Waals surface area contributed by atoms with Crippen LogP contribution in [0.25, 0.3) is 0 Å². The van der Waals surface area contributed by atoms with Crippen LogP contribution in [0.4, 0.5) is 11.4 Å². The Morgan fingerprint density at radius 2 is 2.05 bits per heavy atom. The summed E-state index contributed by atoms with van der Waals surface area (Å²) >= 11 is 0. The van der Waals surface area contributed by atoms with E-state index in [1.54, 1.807) is 0 Å². The van der Waals surface area contributed by atoms with Gasteiger partial charge < -0.3 is 15.0 Å². The number of nitrogens with one attached hydrogen (secondary N) is 1. The second kappa shape index (κ2) is 6.27. The lowest BCUT2D eigenvalue weighted by Crippen LogP contribution is -2.58. The van der Waals surface area contributed by atoms with Gasteiger partial charge in [0.2, 0.25) is 0 Å². The third-order valence-corrected chi connectivity index (χ3v) is 4.51. The summed E-state index contributed by atoms with van der Waals surface area (Å²) in [4.78, 5) is 2.13. The highest BCUT2D eigenvalue weighted by molar-refractivity contribution is 5.58. The fourth-order valence-corrected chi connectivity index (χ4v) is 2.80. The standard InChI is InChI=1S/C18H30N2O/c1-13(2)12-21-17-11-16(18(17,3)4)19-14-8-7-9-15(10-14)20(5)6/h7-10,13,16-17,19H,11-12H2,1-6H3. The van der Waals surface area contributed by atoms with Gasteiger partial charge in [0, 0.05) is 43.5 Å². The first-order chi connectivity index (χ1) is 9.80. The Morgan fingerprint density at radius 1 is 1.33 bits per heavy atom. The number of hydrogen-bond acceptors (Lipinski definition) is 3. The van der Waals surface area contributed by atoms with Crippen molar-refractivity contribution in [2.24, 2.45) is 11.3 Å². The second-order valence-electron chi connectivity index (χ2n) is 7.41. The van der Waals surface area contributed by atoms with Crippen LogP contribution in [-0.2, 0) is 4.74 Å². The smallest absolute Gasteiger partial charge is 0.0665 e. The molecule has 1 fully saturated rings. The fourth-order valence-electron chi connectivity index (χ4n) is 2.80. The van der Waals surface area contributed by atoms with Crippen LogP contribution in [-0.4, -0.2) is 32.8 Å². The molecule has 21 heavy (non-hydrogen) atoms. The van der Waals surface area contributed by atoms with Crippen molar-refractivity contribution < 1.29 is 4.74 Å². The highest BCUT2D eigenvalue weighted by atomic mass is 16.5. The van der Waals surface area contributed by atoms with E-state index in [0.717, 1.165) is 13.0 Å². The molecular weight excluding hydrogens is 260 g/mol. The molecule has 118 valence electrons. The van der Waals surface area contributed by atoms with Crippen molar-refractivity contribution in [2.75, 3.05) is 30.9 Å². The Hall–Kier alpha value is -1.22. The Labute approximate surface area is 129 Å². The van der Waals surface area contributed by atoms with Gasteiger partial charge in [0.15, 0.2) is 0 Å². The Balaban J connectivity index is 1.94. The highest BCUT2D eigenvalue weighted by Crippen LogP contribution is 2.44. The lowest BCUT2D eigenvalue weighted by molar-refractivity contribution is -0.108. The van der Waals surface area contributed by atoms with Gasteiger partial charge in [-0.2, -0.15) is 0 Å². The van der Waals surface area contributed by atoms with Gasteiger partial charge in [-0.1, -0.05) is 33.8 Å². The molecule has 1 aromatic rings. The summed E-state index contributed by atoms with van der Waals surface area (Å²) in [6.45, 7) is 9.86. The van der Waals surface area contributed by atoms with Crippen LogP contribution < -0.4 is 10.2 Å². The Morgan fingerprint density at radius 3 is 2.62 bits per heavy atom. The van der Waals surface area contributed by atoms with Gasteiger partial charge in [0.1, 0.15) is 0 Å². The van der Waals surface area contributed by atoms with Crippen LogP contribution in [0.3, 0.4) is 0 Å². The topological polar surface area (TPSA) is 24.5 Å². The molecule has 0 radical (unpaired) electrons. The number of benzene rings is 1. The molecule has 3 nitrogen and oxygen atoms in total. The summed E-state index contributed by atoms with van der Waals surface area (Å²) < 4.78 is 6.04. The summed E-state index contributed by atoms with van der Waals surface area (Å²) in [6.07, 6.45) is 1.46. The van der Waals surface area contributed by atoms with E-state index in [-0.39, 0.29) is 5.41 Å². The van der Waals surface area contributed by atoms with E-state index >= 15 is 0 Å². The number of anilines is 2. The minimum absolute atomic E-state index is 0.184. The molecule has 1 N–H and O–H groups in total. The molecule has 0 amide bonds. The molecule has 1 saturated carbocycles. The molecule has 1 aliphatic rings. The van der Waals surface area contributed by atoms with E-state index in [0.29, 0.717) is 18.1 Å². The normalized spacial score (nSPS) is 23.8. The summed E-state index contributed by atoms with van der Waals surface area (Å²) in [5.74, 6) is 0.601. The van der Waals surface area contributed by atoms with Crippen molar-refractivity contribution in [3.8, 4) is 0 Å². The Bertz CT molecular complexity index is 468. The van der Waals surface area contributed by atoms with Crippen molar-refractivity contribution in [1.29, 1.82) is 0 Å². The molecule has 2 atom stereocenters. The molecule has 0 bridgehead atoms. The maximum Gasteiger partial charge on any atom is 0.0665 e. The predicted molar refractivity (Wildman–Crippen MR) is 91.2 cm³/mol. The van der Waals surface area contributed by atoms with Crippen molar-refractivity contribution in [1.82, 2.24) is 0 Å². The summed E-state index contributed by atoms with van der Waals surface area (Å²) in [7, 11) is 4.14. The zero-order chi connectivity index (χ0) is 15.6. The van der Waals surface area contributed by atoms with Crippen LogP contribution in [0.15, 0.2) is 24.3 Å². The second-order valence-corrected chi connectivity index (χ2v) is 7.41. The largest absolute Gasteiger partial charge is 0.382 e. The summed E-state index contributed by atoms with van der Waals surface area (Å²) in [6, 6.07) is 9.07. The fraction of sp³-hybridized carbons (Fsp3) is 0.667. The van der Waals surface area contributed by atoms with Gasteiger partial charge in [0.25, 0.3) is 0 Å². The van der Waals surface area contributed by atoms with Gasteiger partial charge >= 0.3 is 0 Å². The lowest BCUT2D eigenvalue weighted by atomic mass is 9.64. The monoisotopic (exact) mass is 290 g/mol. The third kappa shape index (κ3) is 3.70. The molecule has 0 spiro atoms. The van der Waals surface area contributed by atoms with Crippen LogP contribution in [0.2, 0.25) is 0 Å². The first kappa shape index (κ1) is 16.2. The lowest BCUT2D eigenvalue weighted by Gasteiger charge is -2.52. The predicted octanol–water partition coefficient (Wildman–Crippen LogP) is 4.00. The van der Waals surface area contributed by atoms with Crippen LogP contribution in [0.5, 0.6) is 0 Å². The van der Waals surface area contributed by atoms with Gasteiger partial charge in [0.05, 0.1) is 6.10 Å². The molecule has 1 aliphatic carbocycles. The number of hydrogen-bond donors (Lipinski definition) is 1. The minimum Gasteiger partial charge on any atom is -0.382 e. The third-order valence-electron chi connectivity index (χ3n) is 4.51. The molecule has 0 aromatic heterocycles. The van der Waals surface area contributed by atoms with E-state index in [1.807, 2.05) is 0 Å². The minimum atomic E-state index is 0.184. The first-order valence-electron chi connectivity index (χ1n) is 7.96.